The smallest absolute Gasteiger partial charge is 0.0306 e. The van der Waals surface area contributed by atoms with Crippen molar-refractivity contribution in [2.75, 3.05) is 0 Å². The standard InChI is InChI=1S/C6H7N.C6H12/c1-6-4-2-3-5-7-6;1-6-4-2-3-5-6/h2-5,7H,1H2;6H,2-5H2,1H3. The van der Waals surface area contributed by atoms with Crippen LogP contribution in [0.5, 0.6) is 0 Å². The summed E-state index contributed by atoms with van der Waals surface area (Å²) in [7, 11) is 0. The maximum atomic E-state index is 3.66. The Kier molecular flexibility index (Phi) is 4.37. The molecule has 2 rings (SSSR count). The van der Waals surface area contributed by atoms with Gasteiger partial charge in [-0.1, -0.05) is 45.3 Å². The Labute approximate surface area is 81.2 Å². The van der Waals surface area contributed by atoms with Crippen LogP contribution in [-0.2, 0) is 0 Å². The molecular weight excluding hydrogens is 158 g/mol. The lowest BCUT2D eigenvalue weighted by Crippen LogP contribution is -2.01. The number of dihydropyridines is 1. The van der Waals surface area contributed by atoms with Gasteiger partial charge in [0.1, 0.15) is 0 Å². The molecule has 0 aromatic carbocycles. The summed E-state index contributed by atoms with van der Waals surface area (Å²) in [5.41, 5.74) is 0.947. The van der Waals surface area contributed by atoms with Crippen molar-refractivity contribution in [1.29, 1.82) is 0 Å². The van der Waals surface area contributed by atoms with Crippen LogP contribution in [0.3, 0.4) is 0 Å². The summed E-state index contributed by atoms with van der Waals surface area (Å²) in [6.07, 6.45) is 13.6. The van der Waals surface area contributed by atoms with Crippen molar-refractivity contribution in [3.05, 3.63) is 36.7 Å². The van der Waals surface area contributed by atoms with Crippen LogP contribution < -0.4 is 5.32 Å². The molecule has 1 aliphatic carbocycles. The molecule has 0 aromatic heterocycles. The van der Waals surface area contributed by atoms with Crippen LogP contribution in [0, 0.1) is 5.92 Å². The second kappa shape index (κ2) is 5.63. The summed E-state index contributed by atoms with van der Waals surface area (Å²) in [6, 6.07) is 0. The van der Waals surface area contributed by atoms with Crippen LogP contribution in [0.25, 0.3) is 0 Å². The van der Waals surface area contributed by atoms with E-state index in [-0.39, 0.29) is 0 Å². The molecule has 1 aliphatic heterocycles. The van der Waals surface area contributed by atoms with Gasteiger partial charge in [0.2, 0.25) is 0 Å². The van der Waals surface area contributed by atoms with Crippen molar-refractivity contribution >= 4 is 0 Å². The van der Waals surface area contributed by atoms with E-state index in [1.54, 1.807) is 0 Å². The number of rotatable bonds is 0. The average Bonchev–Trinajstić information content (AvgIpc) is 2.58. The van der Waals surface area contributed by atoms with Crippen molar-refractivity contribution in [1.82, 2.24) is 5.32 Å². The van der Waals surface area contributed by atoms with Gasteiger partial charge >= 0.3 is 0 Å². The van der Waals surface area contributed by atoms with Gasteiger partial charge in [-0.2, -0.15) is 0 Å². The molecule has 1 heteroatoms. The molecule has 72 valence electrons. The fourth-order valence-electron chi connectivity index (χ4n) is 1.56. The van der Waals surface area contributed by atoms with Gasteiger partial charge in [-0.15, -0.1) is 0 Å². The molecule has 0 atom stereocenters. The molecule has 0 spiro atoms. The molecule has 0 saturated heterocycles. The highest BCUT2D eigenvalue weighted by atomic mass is 14.8. The van der Waals surface area contributed by atoms with Crippen LogP contribution in [0.4, 0.5) is 0 Å². The van der Waals surface area contributed by atoms with Gasteiger partial charge in [0, 0.05) is 11.9 Å². The minimum atomic E-state index is 0.947. The van der Waals surface area contributed by atoms with E-state index in [2.05, 4.69) is 18.8 Å². The molecule has 1 nitrogen and oxygen atoms in total. The first-order chi connectivity index (χ1) is 6.29. The Morgan fingerprint density at radius 1 is 1.31 bits per heavy atom. The molecule has 2 aliphatic rings. The molecular formula is C12H19N. The van der Waals surface area contributed by atoms with Crippen LogP contribution in [0.2, 0.25) is 0 Å². The Balaban J connectivity index is 0.000000132. The lowest BCUT2D eigenvalue weighted by molar-refractivity contribution is 0.612. The quantitative estimate of drug-likeness (QED) is 0.598. The van der Waals surface area contributed by atoms with E-state index in [9.17, 15) is 0 Å². The molecule has 0 bridgehead atoms. The average molecular weight is 177 g/mol. The van der Waals surface area contributed by atoms with Gasteiger partial charge < -0.3 is 5.32 Å². The summed E-state index contributed by atoms with van der Waals surface area (Å²) < 4.78 is 0. The maximum absolute atomic E-state index is 3.66. The maximum Gasteiger partial charge on any atom is 0.0306 e. The summed E-state index contributed by atoms with van der Waals surface area (Å²) >= 11 is 0. The van der Waals surface area contributed by atoms with Crippen LogP contribution in [-0.4, -0.2) is 0 Å². The molecule has 1 saturated carbocycles. The molecule has 13 heavy (non-hydrogen) atoms. The van der Waals surface area contributed by atoms with Gasteiger partial charge in [-0.05, 0) is 18.1 Å². The first-order valence-electron chi connectivity index (χ1n) is 5.07. The summed E-state index contributed by atoms with van der Waals surface area (Å²) in [6.45, 7) is 6.01. The predicted molar refractivity (Wildman–Crippen MR) is 58.2 cm³/mol. The highest BCUT2D eigenvalue weighted by molar-refractivity contribution is 5.23. The lowest BCUT2D eigenvalue weighted by atomic mass is 10.2. The normalized spacial score (nSPS) is 20.8. The van der Waals surface area contributed by atoms with Gasteiger partial charge in [0.05, 0.1) is 0 Å². The van der Waals surface area contributed by atoms with Gasteiger partial charge in [-0.25, -0.2) is 0 Å². The van der Waals surface area contributed by atoms with Gasteiger partial charge in [-0.3, -0.25) is 0 Å². The molecule has 1 heterocycles. The Morgan fingerprint density at radius 3 is 2.23 bits per heavy atom. The third-order valence-electron chi connectivity index (χ3n) is 2.42. The topological polar surface area (TPSA) is 12.0 Å². The first-order valence-corrected chi connectivity index (χ1v) is 5.07. The predicted octanol–water partition coefficient (Wildman–Crippen LogP) is 3.37. The molecule has 1 N–H and O–H groups in total. The Hall–Kier alpha value is -0.980. The highest BCUT2D eigenvalue weighted by Gasteiger charge is 2.07. The van der Waals surface area contributed by atoms with E-state index in [1.807, 2.05) is 24.4 Å². The zero-order chi connectivity index (χ0) is 9.52. The third kappa shape index (κ3) is 4.56. The SMILES string of the molecule is C=C1C=CC=CN1.CC1CCCC1. The molecule has 0 radical (unpaired) electrons. The summed E-state index contributed by atoms with van der Waals surface area (Å²) in [5.74, 6) is 1.05. The summed E-state index contributed by atoms with van der Waals surface area (Å²) in [4.78, 5) is 0. The fraction of sp³-hybridized carbons (Fsp3) is 0.500. The van der Waals surface area contributed by atoms with Crippen molar-refractivity contribution in [3.63, 3.8) is 0 Å². The van der Waals surface area contributed by atoms with E-state index in [0.717, 1.165) is 11.6 Å². The number of allylic oxidation sites excluding steroid dienone is 3. The van der Waals surface area contributed by atoms with E-state index >= 15 is 0 Å². The van der Waals surface area contributed by atoms with Crippen LogP contribution in [0.1, 0.15) is 32.6 Å². The summed E-state index contributed by atoms with van der Waals surface area (Å²) in [5, 5.41) is 2.92. The highest BCUT2D eigenvalue weighted by Crippen LogP contribution is 2.22. The zero-order valence-corrected chi connectivity index (χ0v) is 8.42. The van der Waals surface area contributed by atoms with Crippen molar-refractivity contribution in [2.45, 2.75) is 32.6 Å². The van der Waals surface area contributed by atoms with Crippen molar-refractivity contribution < 1.29 is 0 Å². The zero-order valence-electron chi connectivity index (χ0n) is 8.42. The number of nitrogens with one attached hydrogen (secondary N) is 1. The number of hydrogen-bond acceptors (Lipinski definition) is 1. The van der Waals surface area contributed by atoms with E-state index < -0.39 is 0 Å². The minimum absolute atomic E-state index is 0.947. The molecule has 1 fully saturated rings. The van der Waals surface area contributed by atoms with E-state index in [1.165, 1.54) is 25.7 Å². The molecule has 0 amide bonds. The number of hydrogen-bond donors (Lipinski definition) is 1. The van der Waals surface area contributed by atoms with Gasteiger partial charge in [0.15, 0.2) is 0 Å². The second-order valence-corrected chi connectivity index (χ2v) is 3.78. The van der Waals surface area contributed by atoms with Gasteiger partial charge in [0.25, 0.3) is 0 Å². The molecule has 0 aromatic rings. The largest absolute Gasteiger partial charge is 0.362 e. The van der Waals surface area contributed by atoms with Crippen LogP contribution >= 0.6 is 0 Å². The first kappa shape index (κ1) is 10.1. The lowest BCUT2D eigenvalue weighted by Gasteiger charge is -1.99. The minimum Gasteiger partial charge on any atom is -0.362 e. The van der Waals surface area contributed by atoms with Crippen molar-refractivity contribution in [3.8, 4) is 0 Å². The van der Waals surface area contributed by atoms with E-state index in [4.69, 9.17) is 0 Å². The van der Waals surface area contributed by atoms with Crippen LogP contribution in [0.15, 0.2) is 36.7 Å². The fourth-order valence-corrected chi connectivity index (χ4v) is 1.56. The van der Waals surface area contributed by atoms with E-state index in [0.29, 0.717) is 0 Å². The third-order valence-corrected chi connectivity index (χ3v) is 2.42. The van der Waals surface area contributed by atoms with Crippen molar-refractivity contribution in [2.24, 2.45) is 5.92 Å². The second-order valence-electron chi connectivity index (χ2n) is 3.78. The Morgan fingerprint density at radius 2 is 2.00 bits per heavy atom. The Bertz CT molecular complexity index is 207. The monoisotopic (exact) mass is 177 g/mol. The molecule has 0 unspecified atom stereocenters.